The van der Waals surface area contributed by atoms with Gasteiger partial charge in [0, 0.05) is 18.8 Å². The van der Waals surface area contributed by atoms with Crippen molar-refractivity contribution in [3.63, 3.8) is 0 Å². The van der Waals surface area contributed by atoms with E-state index in [-0.39, 0.29) is 10.7 Å². The van der Waals surface area contributed by atoms with Crippen molar-refractivity contribution < 1.29 is 8.42 Å². The number of nitrogens with zero attached hydrogens (tertiary/aromatic N) is 3. The highest BCUT2D eigenvalue weighted by Gasteiger charge is 2.35. The maximum atomic E-state index is 13.1. The van der Waals surface area contributed by atoms with Gasteiger partial charge in [-0.05, 0) is 73.3 Å². The first-order valence-electron chi connectivity index (χ1n) is 11.2. The number of sulfone groups is 1. The van der Waals surface area contributed by atoms with Crippen LogP contribution in [0.15, 0.2) is 58.7 Å². The zero-order valence-electron chi connectivity index (χ0n) is 19.1. The van der Waals surface area contributed by atoms with Crippen LogP contribution in [-0.4, -0.2) is 24.5 Å². The number of nitriles is 1. The number of hydrogen-bond donors (Lipinski definition) is 1. The maximum absolute atomic E-state index is 13.1. The van der Waals surface area contributed by atoms with Gasteiger partial charge in [0.05, 0.1) is 15.8 Å². The average molecular weight is 453 g/mol. The Labute approximate surface area is 191 Å². The van der Waals surface area contributed by atoms with Gasteiger partial charge in [-0.2, -0.15) is 5.26 Å². The number of aryl methyl sites for hydroxylation is 1. The third kappa shape index (κ3) is 6.17. The topological polar surface area (TPSA) is 95.2 Å². The van der Waals surface area contributed by atoms with Crippen molar-refractivity contribution in [1.82, 2.24) is 10.3 Å². The molecule has 7 heteroatoms. The number of aromatic nitrogens is 1. The molecule has 1 saturated carbocycles. The molecule has 6 nitrogen and oxygen atoms in total. The highest BCUT2D eigenvalue weighted by atomic mass is 32.2. The zero-order chi connectivity index (χ0) is 23.2. The Bertz CT molecular complexity index is 1060. The number of nitrogens with one attached hydrogen (secondary N) is 1. The molecule has 1 N–H and O–H groups in total. The van der Waals surface area contributed by atoms with Crippen LogP contribution >= 0.6 is 0 Å². The molecule has 0 aliphatic heterocycles. The molecule has 1 aliphatic carbocycles. The van der Waals surface area contributed by atoms with Crippen LogP contribution in [0.3, 0.4) is 0 Å². The van der Waals surface area contributed by atoms with Crippen molar-refractivity contribution in [2.24, 2.45) is 16.3 Å². The minimum Gasteiger partial charge on any atom is -0.280 e. The Kier molecular flexibility index (Phi) is 7.68. The Balaban J connectivity index is 1.63. The molecule has 0 amide bonds. The Morgan fingerprint density at radius 2 is 1.72 bits per heavy atom. The van der Waals surface area contributed by atoms with Crippen LogP contribution in [0.5, 0.6) is 0 Å². The molecule has 1 aromatic heterocycles. The smallest absolute Gasteiger partial charge is 0.182 e. The third-order valence-electron chi connectivity index (χ3n) is 6.37. The van der Waals surface area contributed by atoms with Crippen LogP contribution in [0.2, 0.25) is 0 Å². The molecule has 0 spiro atoms. The lowest BCUT2D eigenvalue weighted by Gasteiger charge is -2.36. The SMILES string of the molecule is CC(C)(C)C1CCC(S(=O)(=O)c2ccc(CCC(=Nc3ccncc3)NC#N)cc2)CC1. The molecular weight excluding hydrogens is 420 g/mol. The van der Waals surface area contributed by atoms with Gasteiger partial charge in [-0.3, -0.25) is 10.3 Å². The fourth-order valence-corrected chi connectivity index (χ4v) is 6.12. The van der Waals surface area contributed by atoms with Crippen LogP contribution < -0.4 is 5.32 Å². The van der Waals surface area contributed by atoms with E-state index in [1.807, 2.05) is 18.3 Å². The van der Waals surface area contributed by atoms with Gasteiger partial charge in [0.25, 0.3) is 0 Å². The van der Waals surface area contributed by atoms with Gasteiger partial charge in [0.1, 0.15) is 5.84 Å². The molecule has 1 heterocycles. The summed E-state index contributed by atoms with van der Waals surface area (Å²) >= 11 is 0. The van der Waals surface area contributed by atoms with Crippen molar-refractivity contribution in [1.29, 1.82) is 5.26 Å². The fourth-order valence-electron chi connectivity index (χ4n) is 4.33. The second-order valence-corrected chi connectivity index (χ2v) is 11.8. The highest BCUT2D eigenvalue weighted by Crippen LogP contribution is 2.40. The van der Waals surface area contributed by atoms with E-state index in [4.69, 9.17) is 5.26 Å². The van der Waals surface area contributed by atoms with E-state index in [1.54, 1.807) is 36.7 Å². The molecule has 32 heavy (non-hydrogen) atoms. The molecule has 0 unspecified atom stereocenters. The lowest BCUT2D eigenvalue weighted by molar-refractivity contribution is 0.180. The normalized spacial score (nSPS) is 19.9. The Morgan fingerprint density at radius 1 is 1.09 bits per heavy atom. The lowest BCUT2D eigenvalue weighted by atomic mass is 9.72. The predicted octanol–water partition coefficient (Wildman–Crippen LogP) is 5.19. The minimum absolute atomic E-state index is 0.232. The molecular formula is C25H32N4O2S. The summed E-state index contributed by atoms with van der Waals surface area (Å²) in [4.78, 5) is 8.82. The van der Waals surface area contributed by atoms with Gasteiger partial charge < -0.3 is 0 Å². The van der Waals surface area contributed by atoms with E-state index >= 15 is 0 Å². The third-order valence-corrected chi connectivity index (χ3v) is 8.65. The molecule has 1 aromatic carbocycles. The second-order valence-electron chi connectivity index (χ2n) is 9.53. The van der Waals surface area contributed by atoms with Crippen LogP contribution in [0.1, 0.15) is 58.4 Å². The first-order valence-corrected chi connectivity index (χ1v) is 12.7. The average Bonchev–Trinajstić information content (AvgIpc) is 2.78. The van der Waals surface area contributed by atoms with Crippen LogP contribution in [0.4, 0.5) is 5.69 Å². The molecule has 3 rings (SSSR count). The fraction of sp³-hybridized carbons (Fsp3) is 0.480. The minimum atomic E-state index is -3.31. The standard InChI is InChI=1S/C25H32N4O2S/c1-25(2,3)20-7-11-23(12-8-20)32(30,31)22-9-4-19(5-10-22)6-13-24(28-18-26)29-21-14-16-27-17-15-21/h4-5,9-10,14-17,20,23H,6-8,11-13H2,1-3H3,(H,27,28,29). The maximum Gasteiger partial charge on any atom is 0.182 e. The van der Waals surface area contributed by atoms with Gasteiger partial charge in [-0.1, -0.05) is 32.9 Å². The molecule has 0 radical (unpaired) electrons. The summed E-state index contributed by atoms with van der Waals surface area (Å²) in [5, 5.41) is 11.3. The summed E-state index contributed by atoms with van der Waals surface area (Å²) in [6, 6.07) is 10.7. The summed E-state index contributed by atoms with van der Waals surface area (Å²) in [6.45, 7) is 6.72. The first kappa shape index (κ1) is 23.9. The number of aliphatic imine (C=N–C) groups is 1. The summed E-state index contributed by atoms with van der Waals surface area (Å²) in [5.41, 5.74) is 1.96. The van der Waals surface area contributed by atoms with Gasteiger partial charge >= 0.3 is 0 Å². The van der Waals surface area contributed by atoms with Crippen LogP contribution in [0.25, 0.3) is 0 Å². The van der Waals surface area contributed by atoms with Crippen molar-refractivity contribution in [3.05, 3.63) is 54.4 Å². The summed E-state index contributed by atoms with van der Waals surface area (Å²) in [5.74, 6) is 1.15. The molecule has 1 aliphatic rings. The Hall–Kier alpha value is -2.72. The number of benzene rings is 1. The van der Waals surface area contributed by atoms with E-state index < -0.39 is 9.84 Å². The number of amidine groups is 1. The lowest BCUT2D eigenvalue weighted by Crippen LogP contribution is -2.32. The monoisotopic (exact) mass is 452 g/mol. The van der Waals surface area contributed by atoms with Crippen molar-refractivity contribution >= 4 is 21.4 Å². The van der Waals surface area contributed by atoms with Crippen molar-refractivity contribution in [2.75, 3.05) is 0 Å². The van der Waals surface area contributed by atoms with Gasteiger partial charge in [0.15, 0.2) is 16.0 Å². The molecule has 0 bridgehead atoms. The summed E-state index contributed by atoms with van der Waals surface area (Å²) in [7, 11) is -3.31. The summed E-state index contributed by atoms with van der Waals surface area (Å²) < 4.78 is 26.3. The predicted molar refractivity (Wildman–Crippen MR) is 127 cm³/mol. The molecule has 2 aromatic rings. The first-order chi connectivity index (χ1) is 15.2. The van der Waals surface area contributed by atoms with Crippen LogP contribution in [-0.2, 0) is 16.3 Å². The molecule has 0 atom stereocenters. The number of pyridine rings is 1. The van der Waals surface area contributed by atoms with Gasteiger partial charge in [-0.15, -0.1) is 0 Å². The van der Waals surface area contributed by atoms with E-state index in [9.17, 15) is 8.42 Å². The second kappa shape index (κ2) is 10.3. The van der Waals surface area contributed by atoms with Gasteiger partial charge in [-0.25, -0.2) is 13.4 Å². The zero-order valence-corrected chi connectivity index (χ0v) is 19.9. The van der Waals surface area contributed by atoms with Gasteiger partial charge in [0.2, 0.25) is 0 Å². The summed E-state index contributed by atoms with van der Waals surface area (Å²) in [6.07, 6.45) is 9.83. The van der Waals surface area contributed by atoms with E-state index in [0.29, 0.717) is 29.5 Å². The van der Waals surface area contributed by atoms with E-state index in [2.05, 4.69) is 36.1 Å². The van der Waals surface area contributed by atoms with E-state index in [0.717, 1.165) is 36.9 Å². The largest absolute Gasteiger partial charge is 0.280 e. The number of rotatable bonds is 6. The number of hydrogen-bond acceptors (Lipinski definition) is 5. The van der Waals surface area contributed by atoms with E-state index in [1.165, 1.54) is 0 Å². The van der Waals surface area contributed by atoms with Crippen molar-refractivity contribution in [2.45, 2.75) is 69.4 Å². The molecule has 0 saturated heterocycles. The molecule has 1 fully saturated rings. The quantitative estimate of drug-likeness (QED) is 0.281. The molecule has 170 valence electrons. The van der Waals surface area contributed by atoms with Crippen LogP contribution in [0, 0.1) is 22.8 Å². The highest BCUT2D eigenvalue weighted by molar-refractivity contribution is 7.92. The van der Waals surface area contributed by atoms with Crippen molar-refractivity contribution in [3.8, 4) is 6.19 Å². The Morgan fingerprint density at radius 3 is 2.28 bits per heavy atom.